The van der Waals surface area contributed by atoms with Gasteiger partial charge in [-0.1, -0.05) is 11.6 Å². The molecule has 0 spiro atoms. The van der Waals surface area contributed by atoms with Crippen molar-refractivity contribution >= 4 is 28.5 Å². The largest absolute Gasteiger partial charge is 0.462 e. The van der Waals surface area contributed by atoms with Crippen molar-refractivity contribution in [1.82, 2.24) is 4.57 Å². The van der Waals surface area contributed by atoms with Crippen molar-refractivity contribution in [3.05, 3.63) is 45.0 Å². The first-order valence-electron chi connectivity index (χ1n) is 6.79. The number of aromatic nitrogens is 1. The second-order valence-electron chi connectivity index (χ2n) is 5.10. The van der Waals surface area contributed by atoms with Gasteiger partial charge < -0.3 is 9.30 Å². The van der Waals surface area contributed by atoms with E-state index < -0.39 is 29.4 Å². The first kappa shape index (κ1) is 15.0. The molecule has 1 aromatic carbocycles. The highest BCUT2D eigenvalue weighted by Crippen LogP contribution is 2.41. The van der Waals surface area contributed by atoms with Crippen LogP contribution in [0.25, 0.3) is 10.9 Å². The minimum Gasteiger partial charge on any atom is -0.462 e. The first-order chi connectivity index (χ1) is 10.4. The zero-order valence-electron chi connectivity index (χ0n) is 11.6. The molecule has 0 N–H and O–H groups in total. The van der Waals surface area contributed by atoms with E-state index in [0.29, 0.717) is 5.52 Å². The van der Waals surface area contributed by atoms with Crippen molar-refractivity contribution in [2.45, 2.75) is 25.6 Å². The number of carbonyl (C=O) groups is 1. The van der Waals surface area contributed by atoms with Gasteiger partial charge in [-0.05, 0) is 19.1 Å². The molecule has 1 aliphatic carbocycles. The van der Waals surface area contributed by atoms with Crippen LogP contribution in [-0.2, 0) is 4.74 Å². The van der Waals surface area contributed by atoms with Gasteiger partial charge in [0, 0.05) is 18.0 Å². The molecule has 0 aliphatic heterocycles. The SMILES string of the molecule is CCOC(=O)c1cn([C@@H]2C[C@@H]2F)c2cc(Cl)c(F)cc2c1=O. The Hall–Kier alpha value is -1.95. The fraction of sp³-hybridized carbons (Fsp3) is 0.333. The van der Waals surface area contributed by atoms with Crippen molar-refractivity contribution < 1.29 is 18.3 Å². The second-order valence-corrected chi connectivity index (χ2v) is 5.51. The summed E-state index contributed by atoms with van der Waals surface area (Å²) in [6, 6.07) is 1.75. The van der Waals surface area contributed by atoms with E-state index in [1.807, 2.05) is 0 Å². The van der Waals surface area contributed by atoms with Gasteiger partial charge in [0.15, 0.2) is 0 Å². The summed E-state index contributed by atoms with van der Waals surface area (Å²) in [6.07, 6.45) is 0.473. The van der Waals surface area contributed by atoms with Gasteiger partial charge >= 0.3 is 5.97 Å². The lowest BCUT2D eigenvalue weighted by Crippen LogP contribution is -2.21. The first-order valence-corrected chi connectivity index (χ1v) is 7.17. The molecule has 0 amide bonds. The molecular formula is C15H12ClF2NO3. The maximum absolute atomic E-state index is 13.7. The Morgan fingerprint density at radius 2 is 2.18 bits per heavy atom. The summed E-state index contributed by atoms with van der Waals surface area (Å²) in [6.45, 7) is 1.70. The van der Waals surface area contributed by atoms with E-state index >= 15 is 0 Å². The molecule has 0 saturated heterocycles. The van der Waals surface area contributed by atoms with Crippen LogP contribution in [0.3, 0.4) is 0 Å². The molecule has 22 heavy (non-hydrogen) atoms. The monoisotopic (exact) mass is 327 g/mol. The van der Waals surface area contributed by atoms with Gasteiger partial charge in [0.25, 0.3) is 0 Å². The predicted molar refractivity (Wildman–Crippen MR) is 77.7 cm³/mol. The lowest BCUT2D eigenvalue weighted by atomic mass is 10.1. The Labute approximate surface area is 129 Å². The minimum atomic E-state index is -1.07. The standard InChI is InChI=1S/C15H12ClF2NO3/c1-2-22-15(21)8-6-19(13-5-11(13)18)12-4-9(16)10(17)3-7(12)14(8)20/h3-4,6,11,13H,2,5H2,1H3/t11-,13+/m0/s1. The summed E-state index contributed by atoms with van der Waals surface area (Å²) in [7, 11) is 0. The summed E-state index contributed by atoms with van der Waals surface area (Å²) in [5.41, 5.74) is -0.596. The van der Waals surface area contributed by atoms with Crippen LogP contribution in [0.5, 0.6) is 0 Å². The van der Waals surface area contributed by atoms with Gasteiger partial charge in [-0.3, -0.25) is 4.79 Å². The molecule has 1 saturated carbocycles. The molecule has 7 heteroatoms. The summed E-state index contributed by atoms with van der Waals surface area (Å²) in [4.78, 5) is 24.3. The van der Waals surface area contributed by atoms with Crippen LogP contribution in [0.4, 0.5) is 8.78 Å². The summed E-state index contributed by atoms with van der Waals surface area (Å²) >= 11 is 5.75. The van der Waals surface area contributed by atoms with Crippen LogP contribution in [0.1, 0.15) is 29.7 Å². The van der Waals surface area contributed by atoms with Gasteiger partial charge in [-0.25, -0.2) is 13.6 Å². The quantitative estimate of drug-likeness (QED) is 0.813. The molecule has 1 fully saturated rings. The van der Waals surface area contributed by atoms with Crippen LogP contribution in [-0.4, -0.2) is 23.3 Å². The third kappa shape index (κ3) is 2.37. The Morgan fingerprint density at radius 3 is 2.77 bits per heavy atom. The molecule has 1 aromatic heterocycles. The van der Waals surface area contributed by atoms with E-state index in [0.717, 1.165) is 6.07 Å². The Kier molecular flexibility index (Phi) is 3.64. The number of pyridine rings is 1. The Balaban J connectivity index is 2.31. The lowest BCUT2D eigenvalue weighted by molar-refractivity contribution is 0.0524. The van der Waals surface area contributed by atoms with E-state index in [9.17, 15) is 18.4 Å². The average molecular weight is 328 g/mol. The van der Waals surface area contributed by atoms with E-state index in [1.54, 1.807) is 6.92 Å². The minimum absolute atomic E-state index is 0.0217. The Morgan fingerprint density at radius 1 is 1.50 bits per heavy atom. The maximum Gasteiger partial charge on any atom is 0.343 e. The number of hydrogen-bond acceptors (Lipinski definition) is 3. The molecular weight excluding hydrogens is 316 g/mol. The van der Waals surface area contributed by atoms with Crippen LogP contribution < -0.4 is 5.43 Å². The number of ether oxygens (including phenoxy) is 1. The molecule has 0 radical (unpaired) electrons. The number of carbonyl (C=O) groups excluding carboxylic acids is 1. The number of hydrogen-bond donors (Lipinski definition) is 0. The van der Waals surface area contributed by atoms with Crippen molar-refractivity contribution in [1.29, 1.82) is 0 Å². The fourth-order valence-corrected chi connectivity index (χ4v) is 2.57. The molecule has 2 atom stereocenters. The van der Waals surface area contributed by atoms with Gasteiger partial charge in [0.1, 0.15) is 17.6 Å². The Bertz CT molecular complexity index is 834. The average Bonchev–Trinajstić information content (AvgIpc) is 3.18. The van der Waals surface area contributed by atoms with E-state index in [2.05, 4.69) is 0 Å². The van der Waals surface area contributed by atoms with E-state index in [4.69, 9.17) is 16.3 Å². The third-order valence-corrected chi connectivity index (χ3v) is 3.90. The van der Waals surface area contributed by atoms with Gasteiger partial charge in [-0.15, -0.1) is 0 Å². The van der Waals surface area contributed by atoms with Crippen molar-refractivity contribution in [2.24, 2.45) is 0 Å². The lowest BCUT2D eigenvalue weighted by Gasteiger charge is -2.13. The smallest absolute Gasteiger partial charge is 0.343 e. The summed E-state index contributed by atoms with van der Waals surface area (Å²) in [5, 5.41) is -0.188. The zero-order valence-corrected chi connectivity index (χ0v) is 12.4. The van der Waals surface area contributed by atoms with Crippen LogP contribution in [0.15, 0.2) is 23.1 Å². The highest BCUT2D eigenvalue weighted by molar-refractivity contribution is 6.31. The predicted octanol–water partition coefficient (Wildman–Crippen LogP) is 3.25. The molecule has 1 aliphatic rings. The van der Waals surface area contributed by atoms with Crippen molar-refractivity contribution in [2.75, 3.05) is 6.61 Å². The number of fused-ring (bicyclic) bond motifs is 1. The molecule has 0 unspecified atom stereocenters. The number of benzene rings is 1. The molecule has 0 bridgehead atoms. The zero-order chi connectivity index (χ0) is 16.0. The molecule has 116 valence electrons. The van der Waals surface area contributed by atoms with E-state index in [-0.39, 0.29) is 29.0 Å². The van der Waals surface area contributed by atoms with Crippen molar-refractivity contribution in [3.8, 4) is 0 Å². The molecule has 2 aromatic rings. The number of nitrogens with zero attached hydrogens (tertiary/aromatic N) is 1. The maximum atomic E-state index is 13.7. The number of halogens is 3. The van der Waals surface area contributed by atoms with Gasteiger partial charge in [0.05, 0.1) is 23.2 Å². The second kappa shape index (κ2) is 5.35. The van der Waals surface area contributed by atoms with Gasteiger partial charge in [0.2, 0.25) is 5.43 Å². The van der Waals surface area contributed by atoms with E-state index in [1.165, 1.54) is 16.8 Å². The number of rotatable bonds is 3. The van der Waals surface area contributed by atoms with Crippen LogP contribution in [0.2, 0.25) is 5.02 Å². The highest BCUT2D eigenvalue weighted by atomic mass is 35.5. The number of esters is 1. The van der Waals surface area contributed by atoms with Gasteiger partial charge in [-0.2, -0.15) is 0 Å². The van der Waals surface area contributed by atoms with Crippen LogP contribution >= 0.6 is 11.6 Å². The summed E-state index contributed by atoms with van der Waals surface area (Å²) < 4.78 is 33.4. The summed E-state index contributed by atoms with van der Waals surface area (Å²) in [5.74, 6) is -1.58. The molecule has 1 heterocycles. The topological polar surface area (TPSA) is 48.3 Å². The normalized spacial score (nSPS) is 20.2. The third-order valence-electron chi connectivity index (χ3n) is 3.61. The highest BCUT2D eigenvalue weighted by Gasteiger charge is 2.40. The van der Waals surface area contributed by atoms with Crippen molar-refractivity contribution in [3.63, 3.8) is 0 Å². The molecule has 4 nitrogen and oxygen atoms in total. The molecule has 3 rings (SSSR count). The number of alkyl halides is 1. The van der Waals surface area contributed by atoms with Crippen LogP contribution in [0, 0.1) is 5.82 Å². The fourth-order valence-electron chi connectivity index (χ4n) is 2.41.